The van der Waals surface area contributed by atoms with Gasteiger partial charge in [-0.25, -0.2) is 0 Å². The topological polar surface area (TPSA) is 3.24 Å². The molecule has 0 saturated heterocycles. The third-order valence-corrected chi connectivity index (χ3v) is 3.12. The van der Waals surface area contributed by atoms with E-state index in [0.29, 0.717) is 0 Å². The molecular formula is C14H30N. The average molecular weight is 212 g/mol. The zero-order valence-electron chi connectivity index (χ0n) is 10.9. The minimum absolute atomic E-state index is 1.11. The zero-order valence-corrected chi connectivity index (χ0v) is 10.9. The van der Waals surface area contributed by atoms with Crippen molar-refractivity contribution in [2.75, 3.05) is 19.6 Å². The molecule has 0 rings (SSSR count). The van der Waals surface area contributed by atoms with Crippen molar-refractivity contribution in [3.63, 3.8) is 0 Å². The second-order valence-corrected chi connectivity index (χ2v) is 4.36. The van der Waals surface area contributed by atoms with E-state index in [2.05, 4.69) is 25.7 Å². The van der Waals surface area contributed by atoms with Gasteiger partial charge in [0.15, 0.2) is 0 Å². The van der Waals surface area contributed by atoms with Gasteiger partial charge in [-0.1, -0.05) is 65.7 Å². The van der Waals surface area contributed by atoms with Crippen molar-refractivity contribution >= 4 is 0 Å². The van der Waals surface area contributed by atoms with E-state index in [1.165, 1.54) is 64.6 Å². The van der Waals surface area contributed by atoms with Crippen LogP contribution in [0.1, 0.15) is 65.2 Å². The quantitative estimate of drug-likeness (QED) is 0.462. The van der Waals surface area contributed by atoms with Crippen LogP contribution in [0, 0.1) is 6.92 Å². The fourth-order valence-corrected chi connectivity index (χ4v) is 1.94. The van der Waals surface area contributed by atoms with Gasteiger partial charge < -0.3 is 4.90 Å². The summed E-state index contributed by atoms with van der Waals surface area (Å²) >= 11 is 0. The number of rotatable bonds is 11. The van der Waals surface area contributed by atoms with Crippen molar-refractivity contribution in [2.45, 2.75) is 65.2 Å². The van der Waals surface area contributed by atoms with Crippen LogP contribution in [0.4, 0.5) is 0 Å². The van der Waals surface area contributed by atoms with Gasteiger partial charge in [0.2, 0.25) is 0 Å². The fourth-order valence-electron chi connectivity index (χ4n) is 1.94. The van der Waals surface area contributed by atoms with Gasteiger partial charge >= 0.3 is 0 Å². The molecule has 0 aromatic rings. The highest BCUT2D eigenvalue weighted by molar-refractivity contribution is 4.53. The Morgan fingerprint density at radius 3 is 1.67 bits per heavy atom. The van der Waals surface area contributed by atoms with Crippen molar-refractivity contribution in [2.24, 2.45) is 0 Å². The van der Waals surface area contributed by atoms with Crippen molar-refractivity contribution in [1.82, 2.24) is 4.90 Å². The lowest BCUT2D eigenvalue weighted by molar-refractivity contribution is 0.295. The Morgan fingerprint density at radius 1 is 0.733 bits per heavy atom. The molecule has 0 amide bonds. The van der Waals surface area contributed by atoms with Gasteiger partial charge in [0.25, 0.3) is 0 Å². The van der Waals surface area contributed by atoms with E-state index in [9.17, 15) is 0 Å². The van der Waals surface area contributed by atoms with Crippen molar-refractivity contribution in [1.29, 1.82) is 0 Å². The molecular weight excluding hydrogens is 182 g/mol. The molecule has 1 heteroatoms. The molecule has 91 valence electrons. The van der Waals surface area contributed by atoms with Gasteiger partial charge in [-0.15, -0.1) is 0 Å². The number of nitrogens with zero attached hydrogens (tertiary/aromatic N) is 1. The molecule has 0 aromatic heterocycles. The molecule has 0 aliphatic rings. The molecule has 15 heavy (non-hydrogen) atoms. The maximum absolute atomic E-state index is 3.87. The number of hydrogen-bond donors (Lipinski definition) is 0. The highest BCUT2D eigenvalue weighted by Gasteiger charge is 1.97. The van der Waals surface area contributed by atoms with E-state index in [1.54, 1.807) is 0 Å². The Balaban J connectivity index is 3.04. The smallest absolute Gasteiger partial charge is 0.00190 e. The summed E-state index contributed by atoms with van der Waals surface area (Å²) in [5.41, 5.74) is 0. The van der Waals surface area contributed by atoms with Crippen LogP contribution in [0.15, 0.2) is 0 Å². The summed E-state index contributed by atoms with van der Waals surface area (Å²) in [5.74, 6) is 0. The molecule has 0 aliphatic carbocycles. The first-order valence-electron chi connectivity index (χ1n) is 6.86. The minimum Gasteiger partial charge on any atom is -0.304 e. The first kappa shape index (κ1) is 15.0. The first-order valence-corrected chi connectivity index (χ1v) is 6.86. The Kier molecular flexibility index (Phi) is 12.0. The molecule has 0 aliphatic heterocycles. The third kappa shape index (κ3) is 10.2. The molecule has 0 saturated carbocycles. The monoisotopic (exact) mass is 212 g/mol. The van der Waals surface area contributed by atoms with Gasteiger partial charge in [-0.2, -0.15) is 0 Å². The second kappa shape index (κ2) is 12.0. The van der Waals surface area contributed by atoms with Crippen molar-refractivity contribution < 1.29 is 0 Å². The minimum atomic E-state index is 1.11. The van der Waals surface area contributed by atoms with Crippen LogP contribution in [-0.2, 0) is 0 Å². The highest BCUT2D eigenvalue weighted by atomic mass is 15.1. The van der Waals surface area contributed by atoms with Crippen LogP contribution in [0.3, 0.4) is 0 Å². The fraction of sp³-hybridized carbons (Fsp3) is 0.929. The Morgan fingerprint density at radius 2 is 1.20 bits per heavy atom. The summed E-state index contributed by atoms with van der Waals surface area (Å²) in [7, 11) is 0. The van der Waals surface area contributed by atoms with Crippen LogP contribution >= 0.6 is 0 Å². The van der Waals surface area contributed by atoms with E-state index in [4.69, 9.17) is 0 Å². The molecule has 0 fully saturated rings. The molecule has 0 bridgehead atoms. The Hall–Kier alpha value is -0.0400. The van der Waals surface area contributed by atoms with Crippen LogP contribution in [0.25, 0.3) is 0 Å². The van der Waals surface area contributed by atoms with Crippen LogP contribution in [-0.4, -0.2) is 24.5 Å². The summed E-state index contributed by atoms with van der Waals surface area (Å²) in [5, 5.41) is 0. The lowest BCUT2D eigenvalue weighted by Crippen LogP contribution is -2.23. The summed E-state index contributed by atoms with van der Waals surface area (Å²) in [6.07, 6.45) is 10.9. The predicted octanol–water partition coefficient (Wildman–Crippen LogP) is 4.28. The maximum atomic E-state index is 3.87. The summed E-state index contributed by atoms with van der Waals surface area (Å²) in [6.45, 7) is 12.1. The SMILES string of the molecule is [CH2]CCCCCCCCCN(CC)CC. The average Bonchev–Trinajstić information content (AvgIpc) is 2.27. The van der Waals surface area contributed by atoms with Crippen LogP contribution in [0.2, 0.25) is 0 Å². The van der Waals surface area contributed by atoms with Gasteiger partial charge in [-0.3, -0.25) is 0 Å². The van der Waals surface area contributed by atoms with E-state index in [0.717, 1.165) is 6.42 Å². The molecule has 0 N–H and O–H groups in total. The van der Waals surface area contributed by atoms with Crippen LogP contribution < -0.4 is 0 Å². The summed E-state index contributed by atoms with van der Waals surface area (Å²) in [6, 6.07) is 0. The summed E-state index contributed by atoms with van der Waals surface area (Å²) < 4.78 is 0. The molecule has 0 spiro atoms. The van der Waals surface area contributed by atoms with E-state index in [1.807, 2.05) is 0 Å². The second-order valence-electron chi connectivity index (χ2n) is 4.36. The Bertz CT molecular complexity index is 108. The van der Waals surface area contributed by atoms with E-state index < -0.39 is 0 Å². The molecule has 1 nitrogen and oxygen atoms in total. The van der Waals surface area contributed by atoms with Crippen molar-refractivity contribution in [3.8, 4) is 0 Å². The van der Waals surface area contributed by atoms with Crippen LogP contribution in [0.5, 0.6) is 0 Å². The lowest BCUT2D eigenvalue weighted by atomic mass is 10.1. The van der Waals surface area contributed by atoms with E-state index >= 15 is 0 Å². The first-order chi connectivity index (χ1) is 7.35. The number of unbranched alkanes of at least 4 members (excludes halogenated alkanes) is 7. The normalized spacial score (nSPS) is 11.2. The maximum Gasteiger partial charge on any atom is -0.00190 e. The van der Waals surface area contributed by atoms with Gasteiger partial charge in [0.1, 0.15) is 0 Å². The zero-order chi connectivity index (χ0) is 11.4. The highest BCUT2D eigenvalue weighted by Crippen LogP contribution is 2.08. The van der Waals surface area contributed by atoms with Gasteiger partial charge in [0.05, 0.1) is 0 Å². The molecule has 1 radical (unpaired) electrons. The summed E-state index contributed by atoms with van der Waals surface area (Å²) in [4.78, 5) is 2.52. The van der Waals surface area contributed by atoms with Gasteiger partial charge in [0, 0.05) is 0 Å². The molecule has 0 atom stereocenters. The van der Waals surface area contributed by atoms with E-state index in [-0.39, 0.29) is 0 Å². The van der Waals surface area contributed by atoms with Crippen molar-refractivity contribution in [3.05, 3.63) is 6.92 Å². The van der Waals surface area contributed by atoms with Gasteiger partial charge in [-0.05, 0) is 26.1 Å². The molecule has 0 aromatic carbocycles. The predicted molar refractivity (Wildman–Crippen MR) is 70.1 cm³/mol. The number of hydrogen-bond acceptors (Lipinski definition) is 1. The Labute approximate surface area is 97.2 Å². The third-order valence-electron chi connectivity index (χ3n) is 3.12. The lowest BCUT2D eigenvalue weighted by Gasteiger charge is -2.17. The molecule has 0 unspecified atom stereocenters. The molecule has 0 heterocycles. The standard InChI is InChI=1S/C14H30N/c1-4-7-8-9-10-11-12-13-14-15(5-2)6-3/h1,4-14H2,2-3H3. The largest absolute Gasteiger partial charge is 0.304 e.